The molecule has 12 heteroatoms. The number of amides is 1. The second-order valence-corrected chi connectivity index (χ2v) is 8.89. The van der Waals surface area contributed by atoms with E-state index < -0.39 is 24.0 Å². The monoisotopic (exact) mass is 483 g/mol. The van der Waals surface area contributed by atoms with Crippen LogP contribution in [0, 0.1) is 0 Å². The highest BCUT2D eigenvalue weighted by Gasteiger charge is 2.49. The van der Waals surface area contributed by atoms with Gasteiger partial charge in [0.1, 0.15) is 23.3 Å². The van der Waals surface area contributed by atoms with E-state index in [1.807, 2.05) is 22.9 Å². The number of carbonyl (C=O) groups is 1. The zero-order chi connectivity index (χ0) is 24.3. The number of aliphatic hydroxyl groups excluding tert-OH is 1. The molecule has 0 bridgehead atoms. The summed E-state index contributed by atoms with van der Waals surface area (Å²) in [4.78, 5) is 22.1. The Kier molecular flexibility index (Phi) is 4.97. The van der Waals surface area contributed by atoms with Crippen molar-refractivity contribution in [3.05, 3.63) is 42.4 Å². The van der Waals surface area contributed by atoms with Gasteiger partial charge in [-0.1, -0.05) is 0 Å². The number of aliphatic hydroxyl groups is 1. The lowest BCUT2D eigenvalue weighted by molar-refractivity contribution is -0.102. The molecule has 35 heavy (non-hydrogen) atoms. The van der Waals surface area contributed by atoms with Gasteiger partial charge in [-0.2, -0.15) is 9.61 Å². The first-order valence-corrected chi connectivity index (χ1v) is 11.3. The van der Waals surface area contributed by atoms with Crippen LogP contribution in [0.4, 0.5) is 14.6 Å². The minimum atomic E-state index is -2.90. The van der Waals surface area contributed by atoms with Gasteiger partial charge >= 0.3 is 0 Å². The number of hydrogen-bond donors (Lipinski definition) is 3. The molecule has 182 valence electrons. The fraction of sp³-hybridized carbons (Fsp3) is 0.391. The van der Waals surface area contributed by atoms with E-state index in [-0.39, 0.29) is 36.7 Å². The minimum absolute atomic E-state index is 0.108. The van der Waals surface area contributed by atoms with Crippen LogP contribution < -0.4 is 10.6 Å². The van der Waals surface area contributed by atoms with E-state index >= 15 is 0 Å². The van der Waals surface area contributed by atoms with E-state index in [0.29, 0.717) is 23.9 Å². The van der Waals surface area contributed by atoms with Crippen molar-refractivity contribution in [1.29, 1.82) is 0 Å². The number of nitrogens with one attached hydrogen (secondary N) is 2. The van der Waals surface area contributed by atoms with Crippen LogP contribution in [-0.4, -0.2) is 73.5 Å². The molecule has 1 amide bonds. The molecule has 5 heterocycles. The highest BCUT2D eigenvalue weighted by Crippen LogP contribution is 2.38. The standard InChI is InChI=1S/C23H23F2N7O3/c1-26-19-7-15(13-8-27-20-12(13)3-2-6-31(20)16-10-35-11-17(16)33)29-21-14(9-28-32(19)21)22(34)30-18-4-5-23(18,24)25/h2-3,6-9,16-18,26,33H,4-5,10-11H2,1H3,(H,30,34)/t16-,17-,18?/m1/s1. The predicted molar refractivity (Wildman–Crippen MR) is 122 cm³/mol. The summed E-state index contributed by atoms with van der Waals surface area (Å²) in [5, 5.41) is 20.0. The number of carbonyl (C=O) groups excluding carboxylic acids is 1. The fourth-order valence-electron chi connectivity index (χ4n) is 4.69. The lowest BCUT2D eigenvalue weighted by Crippen LogP contribution is -2.55. The Morgan fingerprint density at radius 2 is 2.14 bits per heavy atom. The zero-order valence-corrected chi connectivity index (χ0v) is 18.8. The normalized spacial score (nSPS) is 23.5. The topological polar surface area (TPSA) is 119 Å². The maximum Gasteiger partial charge on any atom is 0.267 e. The van der Waals surface area contributed by atoms with Gasteiger partial charge in [-0.3, -0.25) is 4.79 Å². The van der Waals surface area contributed by atoms with Gasteiger partial charge in [-0.05, 0) is 18.6 Å². The number of pyridine rings is 1. The molecule has 3 N–H and O–H groups in total. The van der Waals surface area contributed by atoms with Crippen molar-refractivity contribution < 1.29 is 23.4 Å². The van der Waals surface area contributed by atoms with E-state index in [4.69, 9.17) is 4.74 Å². The number of alkyl halides is 2. The van der Waals surface area contributed by atoms with Crippen LogP contribution in [-0.2, 0) is 4.74 Å². The van der Waals surface area contributed by atoms with E-state index in [1.54, 1.807) is 19.3 Å². The second kappa shape index (κ2) is 7.95. The van der Waals surface area contributed by atoms with Crippen LogP contribution in [0.5, 0.6) is 0 Å². The summed E-state index contributed by atoms with van der Waals surface area (Å²) in [6, 6.07) is 4.12. The lowest BCUT2D eigenvalue weighted by atomic mass is 9.88. The number of aromatic nitrogens is 5. The Bertz CT molecular complexity index is 1400. The first-order chi connectivity index (χ1) is 16.9. The molecule has 0 aromatic carbocycles. The molecule has 1 unspecified atom stereocenters. The van der Waals surface area contributed by atoms with Crippen LogP contribution >= 0.6 is 0 Å². The summed E-state index contributed by atoms with van der Waals surface area (Å²) in [5.41, 5.74) is 2.42. The Morgan fingerprint density at radius 3 is 2.83 bits per heavy atom. The molecule has 10 nitrogen and oxygen atoms in total. The van der Waals surface area contributed by atoms with Crippen molar-refractivity contribution in [2.45, 2.75) is 37.0 Å². The minimum Gasteiger partial charge on any atom is -0.388 e. The Labute approximate surface area is 198 Å². The average molecular weight is 483 g/mol. The van der Waals surface area contributed by atoms with Gasteiger partial charge in [0.2, 0.25) is 0 Å². The average Bonchev–Trinajstić information content (AvgIpc) is 3.58. The first-order valence-electron chi connectivity index (χ1n) is 11.3. The molecule has 2 fully saturated rings. The van der Waals surface area contributed by atoms with E-state index in [2.05, 4.69) is 25.7 Å². The van der Waals surface area contributed by atoms with Gasteiger partial charge in [-0.25, -0.2) is 18.7 Å². The van der Waals surface area contributed by atoms with Crippen LogP contribution in [0.2, 0.25) is 0 Å². The van der Waals surface area contributed by atoms with E-state index in [9.17, 15) is 18.7 Å². The number of fused-ring (bicyclic) bond motifs is 2. The van der Waals surface area contributed by atoms with Crippen LogP contribution in [0.25, 0.3) is 28.3 Å². The molecule has 3 atom stereocenters. The quantitative estimate of drug-likeness (QED) is 0.398. The highest BCUT2D eigenvalue weighted by atomic mass is 19.3. The number of ether oxygens (including phenoxy) is 1. The highest BCUT2D eigenvalue weighted by molar-refractivity contribution is 6.00. The van der Waals surface area contributed by atoms with Crippen molar-refractivity contribution in [3.63, 3.8) is 0 Å². The van der Waals surface area contributed by atoms with Crippen molar-refractivity contribution in [3.8, 4) is 22.6 Å². The molecule has 0 radical (unpaired) electrons. The maximum absolute atomic E-state index is 13.7. The van der Waals surface area contributed by atoms with Crippen LogP contribution in [0.1, 0.15) is 29.2 Å². The zero-order valence-electron chi connectivity index (χ0n) is 18.8. The summed E-state index contributed by atoms with van der Waals surface area (Å²) >= 11 is 0. The largest absolute Gasteiger partial charge is 0.388 e. The third-order valence-electron chi connectivity index (χ3n) is 6.81. The third kappa shape index (κ3) is 3.43. The number of nitrogens with zero attached hydrogens (tertiary/aromatic N) is 5. The van der Waals surface area contributed by atoms with Crippen molar-refractivity contribution in [2.75, 3.05) is 25.6 Å². The Morgan fingerprint density at radius 1 is 1.29 bits per heavy atom. The van der Waals surface area contributed by atoms with Gasteiger partial charge < -0.3 is 25.0 Å². The molecule has 0 spiro atoms. The van der Waals surface area contributed by atoms with Gasteiger partial charge in [0.15, 0.2) is 5.65 Å². The molecule has 4 aliphatic rings. The summed E-state index contributed by atoms with van der Waals surface area (Å²) < 4.78 is 36.2. The Hall–Kier alpha value is -3.64. The van der Waals surface area contributed by atoms with Gasteiger partial charge in [-0.15, -0.1) is 0 Å². The molecular weight excluding hydrogens is 460 g/mol. The summed E-state index contributed by atoms with van der Waals surface area (Å²) in [7, 11) is 1.71. The van der Waals surface area contributed by atoms with Crippen molar-refractivity contribution in [1.82, 2.24) is 29.5 Å². The fourth-order valence-corrected chi connectivity index (χ4v) is 4.69. The molecule has 3 aliphatic heterocycles. The maximum atomic E-state index is 13.7. The number of halogens is 2. The smallest absolute Gasteiger partial charge is 0.267 e. The molecular formula is C23H23F2N7O3. The molecule has 1 saturated carbocycles. The lowest BCUT2D eigenvalue weighted by Gasteiger charge is -2.36. The van der Waals surface area contributed by atoms with Crippen molar-refractivity contribution in [2.24, 2.45) is 0 Å². The molecule has 6 rings (SSSR count). The molecule has 1 saturated heterocycles. The molecule has 1 aliphatic carbocycles. The second-order valence-electron chi connectivity index (χ2n) is 8.89. The molecule has 2 aromatic heterocycles. The van der Waals surface area contributed by atoms with Gasteiger partial charge in [0, 0.05) is 43.1 Å². The third-order valence-corrected chi connectivity index (χ3v) is 6.81. The van der Waals surface area contributed by atoms with Crippen LogP contribution in [0.3, 0.4) is 0 Å². The van der Waals surface area contributed by atoms with E-state index in [1.165, 1.54) is 10.7 Å². The SMILES string of the molecule is CNc1cc(-c2cnc3n([C@@H]4COC[C@H]4O)cccc2-3)nc2c(C(=O)NC3CCC3(F)F)cnn12. The van der Waals surface area contributed by atoms with Crippen LogP contribution in [0.15, 0.2) is 36.8 Å². The summed E-state index contributed by atoms with van der Waals surface area (Å²) in [5.74, 6) is -2.31. The molecule has 2 aromatic rings. The predicted octanol–water partition coefficient (Wildman–Crippen LogP) is 2.20. The van der Waals surface area contributed by atoms with Crippen molar-refractivity contribution >= 4 is 17.4 Å². The van der Waals surface area contributed by atoms with Gasteiger partial charge in [0.05, 0.1) is 37.2 Å². The number of anilines is 1. The number of hydrogen-bond acceptors (Lipinski definition) is 7. The van der Waals surface area contributed by atoms with E-state index in [0.717, 1.165) is 11.1 Å². The Balaban J connectivity index is 1.40. The summed E-state index contributed by atoms with van der Waals surface area (Å²) in [6.45, 7) is 0.653. The number of rotatable bonds is 5. The van der Waals surface area contributed by atoms with Gasteiger partial charge in [0.25, 0.3) is 11.8 Å². The first kappa shape index (κ1) is 21.9. The summed E-state index contributed by atoms with van der Waals surface area (Å²) in [6.07, 6.45) is 4.23.